The van der Waals surface area contributed by atoms with E-state index in [1.807, 2.05) is 27.7 Å². The molecule has 0 aliphatic carbocycles. The van der Waals surface area contributed by atoms with Crippen molar-refractivity contribution in [3.63, 3.8) is 0 Å². The number of aromatic nitrogens is 2. The molecule has 5 nitrogen and oxygen atoms in total. The van der Waals surface area contributed by atoms with Crippen LogP contribution in [-0.2, 0) is 0 Å². The maximum absolute atomic E-state index is 5.80. The van der Waals surface area contributed by atoms with Crippen molar-refractivity contribution in [3.8, 4) is 11.8 Å². The van der Waals surface area contributed by atoms with E-state index in [0.29, 0.717) is 24.1 Å². The molecule has 0 spiro atoms. The summed E-state index contributed by atoms with van der Waals surface area (Å²) in [5, 5.41) is 0. The summed E-state index contributed by atoms with van der Waals surface area (Å²) in [6, 6.07) is 0. The monoisotopic (exact) mass is 211 g/mol. The Morgan fingerprint density at radius 2 is 1.87 bits per heavy atom. The first-order valence-electron chi connectivity index (χ1n) is 4.86. The molecule has 0 bridgehead atoms. The van der Waals surface area contributed by atoms with Crippen molar-refractivity contribution in [2.75, 3.05) is 12.3 Å². The van der Waals surface area contributed by atoms with E-state index in [-0.39, 0.29) is 5.60 Å². The first kappa shape index (κ1) is 11.6. The van der Waals surface area contributed by atoms with Crippen molar-refractivity contribution in [2.24, 2.45) is 0 Å². The number of hydrogen-bond acceptors (Lipinski definition) is 5. The van der Waals surface area contributed by atoms with Crippen LogP contribution in [0.25, 0.3) is 0 Å². The van der Waals surface area contributed by atoms with Crippen molar-refractivity contribution in [1.82, 2.24) is 9.97 Å². The van der Waals surface area contributed by atoms with Gasteiger partial charge in [0, 0.05) is 0 Å². The molecule has 0 unspecified atom stereocenters. The highest BCUT2D eigenvalue weighted by molar-refractivity contribution is 5.55. The lowest BCUT2D eigenvalue weighted by atomic mass is 10.2. The number of nitrogen functional groups attached to an aromatic ring is 1. The molecule has 1 aromatic rings. The molecule has 0 aromatic carbocycles. The summed E-state index contributed by atoms with van der Waals surface area (Å²) in [4.78, 5) is 7.89. The molecule has 5 heteroatoms. The molecule has 0 radical (unpaired) electrons. The van der Waals surface area contributed by atoms with Gasteiger partial charge in [-0.3, -0.25) is 0 Å². The zero-order valence-corrected chi connectivity index (χ0v) is 9.57. The van der Waals surface area contributed by atoms with Crippen LogP contribution in [0.5, 0.6) is 11.8 Å². The Labute approximate surface area is 89.6 Å². The molecule has 0 amide bonds. The van der Waals surface area contributed by atoms with Gasteiger partial charge in [-0.05, 0) is 27.7 Å². The minimum absolute atomic E-state index is 0.341. The van der Waals surface area contributed by atoms with E-state index in [1.165, 1.54) is 6.33 Å². The summed E-state index contributed by atoms with van der Waals surface area (Å²) in [6.07, 6.45) is 1.38. The van der Waals surface area contributed by atoms with Gasteiger partial charge in [-0.15, -0.1) is 0 Å². The van der Waals surface area contributed by atoms with E-state index in [4.69, 9.17) is 15.2 Å². The van der Waals surface area contributed by atoms with Crippen LogP contribution in [-0.4, -0.2) is 22.2 Å². The van der Waals surface area contributed by atoms with Gasteiger partial charge in [0.25, 0.3) is 0 Å². The third kappa shape index (κ3) is 3.27. The normalized spacial score (nSPS) is 11.2. The second-order valence-electron chi connectivity index (χ2n) is 4.05. The quantitative estimate of drug-likeness (QED) is 0.822. The number of rotatable bonds is 3. The summed E-state index contributed by atoms with van der Waals surface area (Å²) in [5.41, 5.74) is 5.80. The molecule has 0 saturated carbocycles. The van der Waals surface area contributed by atoms with E-state index in [1.54, 1.807) is 0 Å². The Morgan fingerprint density at radius 1 is 1.27 bits per heavy atom. The minimum atomic E-state index is -0.341. The van der Waals surface area contributed by atoms with Gasteiger partial charge >= 0.3 is 0 Å². The molecule has 0 atom stereocenters. The Hall–Kier alpha value is -1.52. The molecular weight excluding hydrogens is 194 g/mol. The zero-order chi connectivity index (χ0) is 11.5. The van der Waals surface area contributed by atoms with Gasteiger partial charge in [0.2, 0.25) is 11.8 Å². The van der Waals surface area contributed by atoms with E-state index >= 15 is 0 Å². The Morgan fingerprint density at radius 3 is 2.40 bits per heavy atom. The standard InChI is InChI=1S/C10H17N3O2/c1-5-14-8-7(11)9(13-6-12-8)15-10(2,3)4/h6H,5,11H2,1-4H3. The summed E-state index contributed by atoms with van der Waals surface area (Å²) >= 11 is 0. The first-order chi connectivity index (χ1) is 6.94. The minimum Gasteiger partial charge on any atom is -0.476 e. The second-order valence-corrected chi connectivity index (χ2v) is 4.05. The third-order valence-electron chi connectivity index (χ3n) is 1.49. The van der Waals surface area contributed by atoms with E-state index in [2.05, 4.69) is 9.97 Å². The fraction of sp³-hybridized carbons (Fsp3) is 0.600. The van der Waals surface area contributed by atoms with Crippen LogP contribution in [0.2, 0.25) is 0 Å². The molecule has 1 aromatic heterocycles. The molecule has 15 heavy (non-hydrogen) atoms. The van der Waals surface area contributed by atoms with Crippen molar-refractivity contribution in [3.05, 3.63) is 6.33 Å². The molecule has 2 N–H and O–H groups in total. The number of nitrogens with zero attached hydrogens (tertiary/aromatic N) is 2. The van der Waals surface area contributed by atoms with Crippen LogP contribution in [0.15, 0.2) is 6.33 Å². The maximum Gasteiger partial charge on any atom is 0.244 e. The number of anilines is 1. The zero-order valence-electron chi connectivity index (χ0n) is 9.57. The Balaban J connectivity index is 2.94. The van der Waals surface area contributed by atoms with Crippen LogP contribution in [0.3, 0.4) is 0 Å². The summed E-state index contributed by atoms with van der Waals surface area (Å²) in [7, 11) is 0. The van der Waals surface area contributed by atoms with Gasteiger partial charge in [0.15, 0.2) is 5.69 Å². The van der Waals surface area contributed by atoms with Crippen LogP contribution >= 0.6 is 0 Å². The van der Waals surface area contributed by atoms with E-state index in [9.17, 15) is 0 Å². The van der Waals surface area contributed by atoms with Crippen molar-refractivity contribution in [1.29, 1.82) is 0 Å². The van der Waals surface area contributed by atoms with Crippen LogP contribution in [0, 0.1) is 0 Å². The SMILES string of the molecule is CCOc1ncnc(OC(C)(C)C)c1N. The van der Waals surface area contributed by atoms with E-state index in [0.717, 1.165) is 0 Å². The number of hydrogen-bond donors (Lipinski definition) is 1. The smallest absolute Gasteiger partial charge is 0.244 e. The van der Waals surface area contributed by atoms with Gasteiger partial charge < -0.3 is 15.2 Å². The average molecular weight is 211 g/mol. The summed E-state index contributed by atoms with van der Waals surface area (Å²) < 4.78 is 10.8. The Kier molecular flexibility index (Phi) is 3.34. The first-order valence-corrected chi connectivity index (χ1v) is 4.86. The molecule has 1 heterocycles. The third-order valence-corrected chi connectivity index (χ3v) is 1.49. The van der Waals surface area contributed by atoms with Gasteiger partial charge in [-0.2, -0.15) is 9.97 Å². The fourth-order valence-corrected chi connectivity index (χ4v) is 0.987. The van der Waals surface area contributed by atoms with Gasteiger partial charge in [-0.1, -0.05) is 0 Å². The van der Waals surface area contributed by atoms with Crippen molar-refractivity contribution in [2.45, 2.75) is 33.3 Å². The summed E-state index contributed by atoms with van der Waals surface area (Å²) in [5.74, 6) is 0.729. The molecule has 0 aliphatic heterocycles. The van der Waals surface area contributed by atoms with Crippen LogP contribution in [0.1, 0.15) is 27.7 Å². The lowest BCUT2D eigenvalue weighted by Crippen LogP contribution is -2.24. The van der Waals surface area contributed by atoms with Gasteiger partial charge in [0.1, 0.15) is 11.9 Å². The molecule has 0 saturated heterocycles. The fourth-order valence-electron chi connectivity index (χ4n) is 0.987. The number of nitrogens with two attached hydrogens (primary N) is 1. The number of ether oxygens (including phenoxy) is 2. The van der Waals surface area contributed by atoms with Crippen molar-refractivity contribution >= 4 is 5.69 Å². The lowest BCUT2D eigenvalue weighted by molar-refractivity contribution is 0.124. The molecule has 0 fully saturated rings. The highest BCUT2D eigenvalue weighted by Crippen LogP contribution is 2.28. The molecular formula is C10H17N3O2. The topological polar surface area (TPSA) is 70.3 Å². The summed E-state index contributed by atoms with van der Waals surface area (Å²) in [6.45, 7) is 8.15. The molecule has 84 valence electrons. The van der Waals surface area contributed by atoms with E-state index < -0.39 is 0 Å². The predicted octanol–water partition coefficient (Wildman–Crippen LogP) is 1.63. The van der Waals surface area contributed by atoms with Gasteiger partial charge in [0.05, 0.1) is 6.61 Å². The van der Waals surface area contributed by atoms with Crippen LogP contribution in [0.4, 0.5) is 5.69 Å². The van der Waals surface area contributed by atoms with Crippen LogP contribution < -0.4 is 15.2 Å². The van der Waals surface area contributed by atoms with Crippen molar-refractivity contribution < 1.29 is 9.47 Å². The second kappa shape index (κ2) is 4.33. The Bertz CT molecular complexity index is 334. The lowest BCUT2D eigenvalue weighted by Gasteiger charge is -2.21. The molecule has 0 aliphatic rings. The highest BCUT2D eigenvalue weighted by atomic mass is 16.5. The highest BCUT2D eigenvalue weighted by Gasteiger charge is 2.17. The molecule has 1 rings (SSSR count). The predicted molar refractivity (Wildman–Crippen MR) is 58.0 cm³/mol. The average Bonchev–Trinajstić information content (AvgIpc) is 2.10. The largest absolute Gasteiger partial charge is 0.476 e. The maximum atomic E-state index is 5.80. The van der Waals surface area contributed by atoms with Gasteiger partial charge in [-0.25, -0.2) is 0 Å².